The van der Waals surface area contributed by atoms with Gasteiger partial charge < -0.3 is 80.9 Å². The summed E-state index contributed by atoms with van der Waals surface area (Å²) in [6.45, 7) is 33.9. The number of rotatable bonds is 62. The Hall–Kier alpha value is -13.1. The Kier molecular flexibility index (Phi) is 45.9. The van der Waals surface area contributed by atoms with Crippen LogP contribution in [0.5, 0.6) is 23.0 Å². The van der Waals surface area contributed by atoms with E-state index in [1.165, 1.54) is 78.7 Å². The second kappa shape index (κ2) is 56.5. The summed E-state index contributed by atoms with van der Waals surface area (Å²) in [6.07, 6.45) is -0.252. The molecule has 6 aromatic carbocycles. The molecule has 13 atom stereocenters. The molecule has 34 nitrogen and oxygen atoms in total. The van der Waals surface area contributed by atoms with Crippen LogP contribution >= 0.6 is 0 Å². The van der Waals surface area contributed by atoms with E-state index in [-0.39, 0.29) is 49.9 Å². The summed E-state index contributed by atoms with van der Waals surface area (Å²) in [7, 11) is 3.01. The zero-order valence-electron chi connectivity index (χ0n) is 90.7. The highest BCUT2D eigenvalue weighted by Crippen LogP contribution is 2.40. The molecule has 8 rings (SSSR count). The Balaban J connectivity index is 1.16. The Morgan fingerprint density at radius 1 is 0.537 bits per heavy atom. The predicted octanol–water partition coefficient (Wildman–Crippen LogP) is 14.2. The first-order chi connectivity index (χ1) is 70.1. The van der Waals surface area contributed by atoms with Gasteiger partial charge in [0.25, 0.3) is 5.91 Å². The quantitative estimate of drug-likeness (QED) is 0.0126. The highest BCUT2D eigenvalue weighted by molar-refractivity contribution is 6.01. The summed E-state index contributed by atoms with van der Waals surface area (Å²) < 4.78 is 64.9. The van der Waals surface area contributed by atoms with E-state index in [0.717, 1.165) is 58.4 Å². The molecule has 2 aromatic heterocycles. The van der Waals surface area contributed by atoms with Crippen molar-refractivity contribution >= 4 is 76.1 Å². The second-order valence-electron chi connectivity index (χ2n) is 43.1. The molecule has 0 spiro atoms. The van der Waals surface area contributed by atoms with Crippen molar-refractivity contribution in [3.05, 3.63) is 202 Å². The van der Waals surface area contributed by atoms with Gasteiger partial charge in [0.05, 0.1) is 105 Å². The average Bonchev–Trinajstić information content (AvgIpc) is 1.50. The smallest absolute Gasteiger partial charge is 0.308 e. The number of carbonyl (C=O) groups is 13. The Morgan fingerprint density at radius 2 is 1.16 bits per heavy atom. The van der Waals surface area contributed by atoms with Gasteiger partial charge in [0.15, 0.2) is 47.1 Å². The van der Waals surface area contributed by atoms with Crippen LogP contribution in [0.15, 0.2) is 140 Å². The van der Waals surface area contributed by atoms with E-state index in [9.17, 15) is 28.8 Å². The summed E-state index contributed by atoms with van der Waals surface area (Å²) in [4.78, 5) is 201. The van der Waals surface area contributed by atoms with E-state index in [1.54, 1.807) is 126 Å². The van der Waals surface area contributed by atoms with Crippen LogP contribution in [0.25, 0.3) is 11.1 Å². The van der Waals surface area contributed by atoms with Crippen LogP contribution in [-0.2, 0) is 120 Å². The zero-order chi connectivity index (χ0) is 110. The van der Waals surface area contributed by atoms with E-state index < -0.39 is 240 Å². The molecule has 149 heavy (non-hydrogen) atoms. The molecule has 0 aliphatic rings. The number of benzene rings is 6. The number of carbonyl (C=O) groups excluding carboxylic acids is 13. The number of aryl methyl sites for hydroxylation is 4. The Labute approximate surface area is 875 Å². The molecule has 0 bridgehead atoms. The molecule has 1 unspecified atom stereocenters. The van der Waals surface area contributed by atoms with Gasteiger partial charge in [-0.3, -0.25) is 62.3 Å². The number of ketones is 6. The maximum atomic E-state index is 16.4. The van der Waals surface area contributed by atoms with Crippen molar-refractivity contribution in [1.29, 1.82) is 0 Å². The van der Waals surface area contributed by atoms with Crippen molar-refractivity contribution in [2.75, 3.05) is 34.0 Å². The fraction of sp³-hybridized carbons (Fsp3) is 0.535. The number of esters is 1. The van der Waals surface area contributed by atoms with Crippen LogP contribution in [0.3, 0.4) is 0 Å². The van der Waals surface area contributed by atoms with E-state index in [4.69, 9.17) is 49.4 Å². The predicted molar refractivity (Wildman–Crippen MR) is 563 cm³/mol. The van der Waals surface area contributed by atoms with Gasteiger partial charge in [-0.05, 0) is 231 Å². The molecule has 11 N–H and O–H groups in total. The molecule has 6 amide bonds. The van der Waals surface area contributed by atoms with Crippen molar-refractivity contribution in [3.63, 3.8) is 0 Å². The third kappa shape index (κ3) is 40.4. The SMILES string of the molecule is CCCCCOc1ccc(-c2ccc(C[C@H](CC(=O)[C@H](CC(=O)OC(C)(C)C)NC(=O)[C@H](COC(C)(C)C)CC(=O)[C@@H](NC(=O)[C@@](C)(CC(=O)[C@@H](NC(=O)CCC(=O)[C@H](Cc3nn[nH]n3)NC(=O)[C@H](C)CC(=O)[C@@H](N)Cc3cnc[nH]3)[C@@H](C)OC(C)(C)C)Cc3ccccc3F)[C@@H](C)OC(C)(C)C)C(=O)N[C@@H](CCCc3cc(C)cc(C)c3)C(=O)CC(c3ccc(OCC(N)=O)cc3)c3ccc(OC)cc3OC)cc2)c(CC)c1. The van der Waals surface area contributed by atoms with Gasteiger partial charge in [-0.1, -0.05) is 142 Å². The van der Waals surface area contributed by atoms with Crippen molar-refractivity contribution in [1.82, 2.24) is 57.2 Å². The Morgan fingerprint density at radius 3 is 1.76 bits per heavy atom. The number of halogens is 1. The lowest BCUT2D eigenvalue weighted by molar-refractivity contribution is -0.157. The normalized spacial score (nSPS) is 14.7. The summed E-state index contributed by atoms with van der Waals surface area (Å²) >= 11 is 0. The van der Waals surface area contributed by atoms with Crippen molar-refractivity contribution < 1.29 is 105 Å². The van der Waals surface area contributed by atoms with Crippen LogP contribution in [-0.4, -0.2) is 212 Å². The molecule has 810 valence electrons. The minimum Gasteiger partial charge on any atom is -0.497 e. The topological polar surface area (TPSA) is 491 Å². The van der Waals surface area contributed by atoms with Gasteiger partial charge in [-0.15, -0.1) is 10.2 Å². The fourth-order valence-electron chi connectivity index (χ4n) is 17.9. The largest absolute Gasteiger partial charge is 0.497 e. The minimum absolute atomic E-state index is 0.0303. The first-order valence-electron chi connectivity index (χ1n) is 51.3. The number of unbranched alkanes of at least 4 members (excludes halogenated alkanes) is 2. The van der Waals surface area contributed by atoms with Crippen LogP contribution < -0.4 is 57.0 Å². The number of amides is 6. The lowest BCUT2D eigenvalue weighted by Gasteiger charge is -2.36. The summed E-state index contributed by atoms with van der Waals surface area (Å²) in [5, 5.41) is 28.0. The number of nitrogens with zero attached hydrogens (tertiary/aromatic N) is 4. The number of H-pyrrole nitrogens is 2. The highest BCUT2D eigenvalue weighted by atomic mass is 19.1. The van der Waals surface area contributed by atoms with E-state index in [1.807, 2.05) is 56.3 Å². The minimum atomic E-state index is -2.05. The standard InChI is InChI=1S/C114H156FN13O21/c1-23-25-28-48-144-84-43-44-85(75(24-2)54-84)76-36-34-73(35-37-76)53-79(107(139)120-90(33-29-30-74-50-68(3)49-69(4)51-74)96(132)59-87(86-45-42-83(142-21)58-99(86)143-22)77-38-40-82(41-39-77)145-66-100(117)135)55-95(131)92(61-103(137)149-113(17,18)19)122-108(140)80(65-146-110(8,9)10)56-97(133)104(71(6)147-111(11,12)13)124-109(141)114(20,62-78-31-26-27-32-88(78)115)63-98(134)105(72(7)148-112(14,15)16)123-102(136)47-46-93(129)91(60-101-125-127-128-126-101)121-106(138)70(5)52-94(130)89(116)57-81-64-118-67-119-81/h26-27,31-32,34-45,49-51,54,58,64,67,70-72,79-80,87,89-92,104-105H,23-25,28-30,33,46-48,52-53,55-57,59-63,65-66,116H2,1-22H3,(H2,117,135)(H,118,119)(H,120,139)(H,121,138)(H,122,140)(H,123,136)(H,124,141)(H,125,126,127,128)/t70-,71-,72-,79-,80+,87?,89+,90+,91+,92+,104+,105+,114-/m1/s1. The molecule has 0 aliphatic carbocycles. The maximum Gasteiger partial charge on any atom is 0.308 e. The fourth-order valence-corrected chi connectivity index (χ4v) is 17.9. The number of nitrogens with one attached hydrogen (secondary N) is 7. The van der Waals surface area contributed by atoms with Gasteiger partial charge in [0.1, 0.15) is 46.5 Å². The van der Waals surface area contributed by atoms with Crippen molar-refractivity contribution in [2.24, 2.45) is 34.6 Å². The molecule has 2 heterocycles. The number of aromatic amines is 2. The van der Waals surface area contributed by atoms with Gasteiger partial charge >= 0.3 is 5.97 Å². The summed E-state index contributed by atoms with van der Waals surface area (Å²) in [6, 6.07) is 28.6. The second-order valence-corrected chi connectivity index (χ2v) is 43.1. The van der Waals surface area contributed by atoms with E-state index >= 15 is 38.0 Å². The summed E-state index contributed by atoms with van der Waals surface area (Å²) in [5.74, 6) is -13.3. The highest BCUT2D eigenvalue weighted by Gasteiger charge is 2.46. The van der Waals surface area contributed by atoms with Crippen LogP contribution in [0.1, 0.15) is 270 Å². The zero-order valence-corrected chi connectivity index (χ0v) is 90.7. The number of hydrogen-bond donors (Lipinski definition) is 9. The number of imidazole rings is 1. The molecule has 35 heteroatoms. The molecule has 0 saturated heterocycles. The monoisotopic (exact) mass is 2060 g/mol. The third-order valence-corrected chi connectivity index (χ3v) is 25.3. The number of ether oxygens (including phenoxy) is 8. The van der Waals surface area contributed by atoms with Crippen LogP contribution in [0.2, 0.25) is 0 Å². The average molecular weight is 2060 g/mol. The van der Waals surface area contributed by atoms with Crippen LogP contribution in [0, 0.1) is 42.8 Å². The van der Waals surface area contributed by atoms with Crippen LogP contribution in [0.4, 0.5) is 4.39 Å². The van der Waals surface area contributed by atoms with Gasteiger partial charge in [0.2, 0.25) is 29.5 Å². The molecule has 0 fully saturated rings. The lowest BCUT2D eigenvalue weighted by Crippen LogP contribution is -2.57. The Bertz CT molecular complexity index is 5790. The number of nitrogens with two attached hydrogens (primary N) is 2. The van der Waals surface area contributed by atoms with Crippen molar-refractivity contribution in [2.45, 2.75) is 337 Å². The number of tetrazole rings is 1. The van der Waals surface area contributed by atoms with E-state index in [2.05, 4.69) is 89.2 Å². The number of primary amides is 1. The van der Waals surface area contributed by atoms with Gasteiger partial charge in [-0.25, -0.2) is 9.37 Å². The number of methoxy groups -OCH3 is 2. The lowest BCUT2D eigenvalue weighted by atomic mass is 9.76. The summed E-state index contributed by atoms with van der Waals surface area (Å²) in [5.41, 5.74) is 13.7. The maximum absolute atomic E-state index is 16.4. The molecule has 0 saturated carbocycles. The first kappa shape index (κ1) is 121. The molecule has 8 aromatic rings. The number of hydrogen-bond acceptors (Lipinski definition) is 26. The third-order valence-electron chi connectivity index (χ3n) is 25.3. The van der Waals surface area contributed by atoms with Gasteiger partial charge in [-0.2, -0.15) is 5.21 Å². The first-order valence-corrected chi connectivity index (χ1v) is 51.3. The number of Topliss-reactive ketones (excluding diaryl/α,β-unsaturated/α-hetero) is 6. The van der Waals surface area contributed by atoms with Crippen molar-refractivity contribution in [3.8, 4) is 34.1 Å². The van der Waals surface area contributed by atoms with E-state index in [0.29, 0.717) is 65.5 Å². The molecular weight excluding hydrogens is 1910 g/mol. The molecule has 0 radical (unpaired) electrons. The molecular formula is C114H156FN13O21. The number of aromatic nitrogens is 6. The van der Waals surface area contributed by atoms with Gasteiger partial charge in [0, 0.05) is 99.1 Å². The molecule has 0 aliphatic heterocycles.